The molecule has 0 amide bonds. The molecule has 3 nitrogen and oxygen atoms in total. The molecule has 3 aromatic rings. The van der Waals surface area contributed by atoms with Crippen LogP contribution in [0.15, 0.2) is 60.7 Å². The van der Waals surface area contributed by atoms with Gasteiger partial charge in [0.1, 0.15) is 0 Å². The molecule has 3 rings (SSSR count). The zero-order chi connectivity index (χ0) is 18.4. The summed E-state index contributed by atoms with van der Waals surface area (Å²) in [6.07, 6.45) is 0. The van der Waals surface area contributed by atoms with E-state index in [-0.39, 0.29) is 0 Å². The topological polar surface area (TPSA) is 45.9 Å². The normalized spacial score (nSPS) is 9.88. The first-order valence-electron chi connectivity index (χ1n) is 7.96. The van der Waals surface area contributed by atoms with Gasteiger partial charge in [-0.25, -0.2) is 0 Å². The van der Waals surface area contributed by atoms with E-state index in [9.17, 15) is 5.26 Å². The summed E-state index contributed by atoms with van der Waals surface area (Å²) in [5.41, 5.74) is 3.15. The van der Waals surface area contributed by atoms with Crippen molar-refractivity contribution >= 4 is 0 Å². The van der Waals surface area contributed by atoms with E-state index >= 15 is 0 Å². The standard InChI is InChI=1S/C22H16IN2O/c1-16-4-3-5-21(25-16)9-6-17-12-18(15-24)14-20(13-17)23-19-7-10-22(26-2)11-8-19/h3-5,7-8,10-14H,1-2H3/q-1. The van der Waals surface area contributed by atoms with Crippen LogP contribution in [0.3, 0.4) is 0 Å². The van der Waals surface area contributed by atoms with E-state index in [1.54, 1.807) is 7.11 Å². The van der Waals surface area contributed by atoms with Crippen LogP contribution in [-0.2, 0) is 0 Å². The molecule has 0 N–H and O–H groups in total. The molecule has 0 aliphatic heterocycles. The number of methoxy groups -OCH3 is 1. The fourth-order valence-electron chi connectivity index (χ4n) is 2.29. The number of nitrogens with zero attached hydrogens (tertiary/aromatic N) is 2. The molecule has 0 atom stereocenters. The molecule has 0 saturated carbocycles. The Bertz CT molecular complexity index is 1020. The van der Waals surface area contributed by atoms with Gasteiger partial charge in [-0.15, -0.1) is 0 Å². The van der Waals surface area contributed by atoms with Crippen molar-refractivity contribution in [2.45, 2.75) is 6.92 Å². The van der Waals surface area contributed by atoms with Crippen LogP contribution in [0.5, 0.6) is 5.75 Å². The van der Waals surface area contributed by atoms with Crippen molar-refractivity contribution in [2.24, 2.45) is 0 Å². The van der Waals surface area contributed by atoms with E-state index in [1.165, 1.54) is 3.57 Å². The summed E-state index contributed by atoms with van der Waals surface area (Å²) in [5.74, 6) is 7.07. The van der Waals surface area contributed by atoms with Crippen molar-refractivity contribution in [2.75, 3.05) is 7.11 Å². The van der Waals surface area contributed by atoms with Gasteiger partial charge in [-0.1, -0.05) is 0 Å². The molecule has 0 spiro atoms. The van der Waals surface area contributed by atoms with E-state index in [1.807, 2.05) is 49.4 Å². The van der Waals surface area contributed by atoms with E-state index in [2.05, 4.69) is 41.1 Å². The number of aromatic nitrogens is 1. The van der Waals surface area contributed by atoms with Gasteiger partial charge >= 0.3 is 164 Å². The van der Waals surface area contributed by atoms with Crippen LogP contribution in [0.25, 0.3) is 0 Å². The zero-order valence-electron chi connectivity index (χ0n) is 14.5. The van der Waals surface area contributed by atoms with Gasteiger partial charge in [-0.3, -0.25) is 0 Å². The van der Waals surface area contributed by atoms with Crippen LogP contribution in [0, 0.1) is 37.2 Å². The molecule has 0 unspecified atom stereocenters. The Morgan fingerprint density at radius 2 is 1.69 bits per heavy atom. The summed E-state index contributed by atoms with van der Waals surface area (Å²) >= 11 is -0.391. The molecule has 1 aromatic heterocycles. The second-order valence-corrected chi connectivity index (χ2v) is 8.54. The molecule has 0 aliphatic carbocycles. The van der Waals surface area contributed by atoms with Gasteiger partial charge in [0.25, 0.3) is 0 Å². The number of ether oxygens (including phenoxy) is 1. The van der Waals surface area contributed by atoms with Gasteiger partial charge < -0.3 is 0 Å². The maximum absolute atomic E-state index is 9.33. The third kappa shape index (κ3) is 4.84. The number of hydrogen-bond acceptors (Lipinski definition) is 3. The summed E-state index contributed by atoms with van der Waals surface area (Å²) in [7, 11) is 1.66. The molecule has 2 aromatic carbocycles. The fourth-order valence-corrected chi connectivity index (χ4v) is 4.71. The molecule has 0 fully saturated rings. The summed E-state index contributed by atoms with van der Waals surface area (Å²) in [4.78, 5) is 4.39. The first-order valence-corrected chi connectivity index (χ1v) is 10.1. The Labute approximate surface area is 163 Å². The number of hydrogen-bond donors (Lipinski definition) is 0. The van der Waals surface area contributed by atoms with Gasteiger partial charge in [-0.2, -0.15) is 0 Å². The molecular formula is C22H16IN2O-. The number of aryl methyl sites for hydroxylation is 1. The van der Waals surface area contributed by atoms with Crippen LogP contribution in [0.1, 0.15) is 22.5 Å². The molecular weight excluding hydrogens is 435 g/mol. The summed E-state index contributed by atoms with van der Waals surface area (Å²) in [5, 5.41) is 9.33. The SMILES string of the molecule is COc1ccc([I-]c2cc(C#N)cc(C#Cc3cccc(C)n3)c2)cc1. The third-order valence-electron chi connectivity index (χ3n) is 3.52. The van der Waals surface area contributed by atoms with Crippen molar-refractivity contribution in [1.82, 2.24) is 4.98 Å². The molecule has 26 heavy (non-hydrogen) atoms. The number of halogens is 1. The second-order valence-electron chi connectivity index (χ2n) is 5.51. The van der Waals surface area contributed by atoms with Crippen LogP contribution < -0.4 is 25.9 Å². The summed E-state index contributed by atoms with van der Waals surface area (Å²) < 4.78 is 7.63. The fraction of sp³-hybridized carbons (Fsp3) is 0.0909. The molecule has 0 radical (unpaired) electrons. The number of pyridine rings is 1. The predicted molar refractivity (Wildman–Crippen MR) is 96.5 cm³/mol. The molecule has 128 valence electrons. The Kier molecular flexibility index (Phi) is 5.88. The average Bonchev–Trinajstić information content (AvgIpc) is 2.67. The van der Waals surface area contributed by atoms with Crippen LogP contribution >= 0.6 is 0 Å². The van der Waals surface area contributed by atoms with Gasteiger partial charge in [0.15, 0.2) is 0 Å². The third-order valence-corrected chi connectivity index (χ3v) is 6.11. The molecule has 1 heterocycles. The molecule has 0 aliphatic rings. The summed E-state index contributed by atoms with van der Waals surface area (Å²) in [6, 6.07) is 21.9. The van der Waals surface area contributed by atoms with Crippen molar-refractivity contribution in [1.29, 1.82) is 5.26 Å². The second kappa shape index (κ2) is 8.51. The first kappa shape index (κ1) is 18.0. The van der Waals surface area contributed by atoms with E-state index in [0.29, 0.717) is 5.56 Å². The molecule has 4 heteroatoms. The number of rotatable bonds is 3. The van der Waals surface area contributed by atoms with Crippen LogP contribution in [0.2, 0.25) is 0 Å². The van der Waals surface area contributed by atoms with Crippen LogP contribution in [-0.4, -0.2) is 12.1 Å². The van der Waals surface area contributed by atoms with Crippen LogP contribution in [0.4, 0.5) is 0 Å². The number of nitriles is 1. The van der Waals surface area contributed by atoms with E-state index in [0.717, 1.165) is 26.3 Å². The van der Waals surface area contributed by atoms with Crippen molar-refractivity contribution in [3.63, 3.8) is 0 Å². The Morgan fingerprint density at radius 3 is 2.38 bits per heavy atom. The maximum atomic E-state index is 9.33. The van der Waals surface area contributed by atoms with Gasteiger partial charge in [0.2, 0.25) is 0 Å². The van der Waals surface area contributed by atoms with E-state index in [4.69, 9.17) is 4.74 Å². The Hall–Kier alpha value is -2.83. The van der Waals surface area contributed by atoms with Gasteiger partial charge in [0, 0.05) is 0 Å². The average molecular weight is 451 g/mol. The Balaban J connectivity index is 1.88. The van der Waals surface area contributed by atoms with Crippen molar-refractivity contribution in [3.8, 4) is 23.7 Å². The van der Waals surface area contributed by atoms with Gasteiger partial charge in [-0.05, 0) is 0 Å². The minimum absolute atomic E-state index is 0.391. The van der Waals surface area contributed by atoms with Gasteiger partial charge in [0.05, 0.1) is 0 Å². The van der Waals surface area contributed by atoms with Crippen molar-refractivity contribution < 1.29 is 25.9 Å². The Morgan fingerprint density at radius 1 is 0.923 bits per heavy atom. The number of benzene rings is 2. The minimum atomic E-state index is -0.391. The van der Waals surface area contributed by atoms with E-state index < -0.39 is 21.2 Å². The monoisotopic (exact) mass is 451 g/mol. The molecule has 0 saturated heterocycles. The quantitative estimate of drug-likeness (QED) is 0.438. The first-order chi connectivity index (χ1) is 12.7. The zero-order valence-corrected chi connectivity index (χ0v) is 16.6. The molecule has 0 bridgehead atoms. The summed E-state index contributed by atoms with van der Waals surface area (Å²) in [6.45, 7) is 1.94. The van der Waals surface area contributed by atoms with Crippen molar-refractivity contribution in [3.05, 3.63) is 90.3 Å². The predicted octanol–water partition coefficient (Wildman–Crippen LogP) is 0.798.